The molecule has 6 nitrogen and oxygen atoms in total. The lowest BCUT2D eigenvalue weighted by Gasteiger charge is -2.24. The van der Waals surface area contributed by atoms with Crippen molar-refractivity contribution in [3.63, 3.8) is 0 Å². The summed E-state index contributed by atoms with van der Waals surface area (Å²) >= 11 is 12.0. The van der Waals surface area contributed by atoms with E-state index in [1.54, 1.807) is 42.5 Å². The Labute approximate surface area is 191 Å². The minimum atomic E-state index is -4.07. The van der Waals surface area contributed by atoms with Gasteiger partial charge in [0.05, 0.1) is 22.9 Å². The first-order valence-electron chi connectivity index (χ1n) is 9.37. The standard InChI is InChI=1S/C22H20Cl2N2O4S/c1-2-30-21-9-4-3-8-20(21)25-22(27)15-26(18-7-5-6-17(24)14-18)31(28,29)19-12-10-16(23)11-13-19/h3-14H,2,15H2,1H3,(H,25,27). The quantitative estimate of drug-likeness (QED) is 0.480. The summed E-state index contributed by atoms with van der Waals surface area (Å²) in [4.78, 5) is 12.8. The van der Waals surface area contributed by atoms with E-state index in [0.717, 1.165) is 4.31 Å². The molecule has 1 amide bonds. The van der Waals surface area contributed by atoms with Crippen LogP contribution in [0, 0.1) is 0 Å². The molecule has 162 valence electrons. The van der Waals surface area contributed by atoms with E-state index in [-0.39, 0.29) is 10.6 Å². The predicted octanol–water partition coefficient (Wildman–Crippen LogP) is 5.23. The summed E-state index contributed by atoms with van der Waals surface area (Å²) in [5, 5.41) is 3.46. The zero-order valence-electron chi connectivity index (χ0n) is 16.6. The van der Waals surface area contributed by atoms with Gasteiger partial charge in [-0.3, -0.25) is 9.10 Å². The Morgan fingerprint density at radius 2 is 1.68 bits per heavy atom. The predicted molar refractivity (Wildman–Crippen MR) is 124 cm³/mol. The molecule has 0 bridgehead atoms. The van der Waals surface area contributed by atoms with Crippen LogP contribution in [-0.2, 0) is 14.8 Å². The number of nitrogens with one attached hydrogen (secondary N) is 1. The summed E-state index contributed by atoms with van der Waals surface area (Å²) in [6, 6.07) is 18.9. The van der Waals surface area contributed by atoms with Crippen molar-refractivity contribution in [2.24, 2.45) is 0 Å². The van der Waals surface area contributed by atoms with Crippen molar-refractivity contribution in [3.8, 4) is 5.75 Å². The molecule has 0 saturated carbocycles. The number of ether oxygens (including phenoxy) is 1. The van der Waals surface area contributed by atoms with E-state index in [1.807, 2.05) is 6.92 Å². The van der Waals surface area contributed by atoms with Crippen molar-refractivity contribution in [1.82, 2.24) is 0 Å². The summed E-state index contributed by atoms with van der Waals surface area (Å²) in [7, 11) is -4.07. The average Bonchev–Trinajstić information content (AvgIpc) is 2.74. The molecule has 31 heavy (non-hydrogen) atoms. The van der Waals surface area contributed by atoms with Gasteiger partial charge in [-0.2, -0.15) is 0 Å². The van der Waals surface area contributed by atoms with Gasteiger partial charge in [0.1, 0.15) is 12.3 Å². The topological polar surface area (TPSA) is 75.7 Å². The Balaban J connectivity index is 1.94. The normalized spacial score (nSPS) is 11.1. The van der Waals surface area contributed by atoms with Crippen LogP contribution in [0.4, 0.5) is 11.4 Å². The maximum absolute atomic E-state index is 13.3. The zero-order valence-corrected chi connectivity index (χ0v) is 18.9. The minimum Gasteiger partial charge on any atom is -0.492 e. The van der Waals surface area contributed by atoms with Crippen molar-refractivity contribution in [2.45, 2.75) is 11.8 Å². The SMILES string of the molecule is CCOc1ccccc1NC(=O)CN(c1cccc(Cl)c1)S(=O)(=O)c1ccc(Cl)cc1. The van der Waals surface area contributed by atoms with E-state index in [1.165, 1.54) is 30.3 Å². The molecule has 0 aliphatic heterocycles. The Morgan fingerprint density at radius 3 is 2.35 bits per heavy atom. The zero-order chi connectivity index (χ0) is 22.4. The number of para-hydroxylation sites is 2. The van der Waals surface area contributed by atoms with Crippen LogP contribution in [0.3, 0.4) is 0 Å². The number of hydrogen-bond donors (Lipinski definition) is 1. The highest BCUT2D eigenvalue weighted by Gasteiger charge is 2.27. The van der Waals surface area contributed by atoms with E-state index in [0.29, 0.717) is 28.1 Å². The first-order valence-corrected chi connectivity index (χ1v) is 11.6. The summed E-state index contributed by atoms with van der Waals surface area (Å²) < 4.78 is 33.2. The number of halogens is 2. The molecule has 3 rings (SSSR count). The first kappa shape index (κ1) is 22.9. The molecule has 0 spiro atoms. The first-order chi connectivity index (χ1) is 14.8. The fourth-order valence-electron chi connectivity index (χ4n) is 2.85. The number of anilines is 2. The number of hydrogen-bond acceptors (Lipinski definition) is 4. The maximum Gasteiger partial charge on any atom is 0.264 e. The molecule has 0 atom stereocenters. The second-order valence-electron chi connectivity index (χ2n) is 6.42. The molecule has 0 radical (unpaired) electrons. The summed E-state index contributed by atoms with van der Waals surface area (Å²) in [6.07, 6.45) is 0. The van der Waals surface area contributed by atoms with Gasteiger partial charge in [-0.25, -0.2) is 8.42 Å². The van der Waals surface area contributed by atoms with E-state index in [9.17, 15) is 13.2 Å². The summed E-state index contributed by atoms with van der Waals surface area (Å²) in [6.45, 7) is 1.79. The maximum atomic E-state index is 13.3. The van der Waals surface area contributed by atoms with Gasteiger partial charge in [0.15, 0.2) is 0 Å². The largest absolute Gasteiger partial charge is 0.492 e. The lowest BCUT2D eigenvalue weighted by atomic mass is 10.3. The summed E-state index contributed by atoms with van der Waals surface area (Å²) in [5.74, 6) is -0.0436. The molecule has 3 aromatic carbocycles. The monoisotopic (exact) mass is 478 g/mol. The number of nitrogens with zero attached hydrogens (tertiary/aromatic N) is 1. The summed E-state index contributed by atoms with van der Waals surface area (Å²) in [5.41, 5.74) is 0.708. The van der Waals surface area contributed by atoms with Crippen molar-refractivity contribution in [2.75, 3.05) is 22.8 Å². The van der Waals surface area contributed by atoms with Crippen molar-refractivity contribution >= 4 is 50.5 Å². The third-order valence-corrected chi connectivity index (χ3v) is 6.52. The van der Waals surface area contributed by atoms with Gasteiger partial charge in [-0.1, -0.05) is 41.4 Å². The Bertz CT molecular complexity index is 1170. The molecule has 9 heteroatoms. The molecule has 3 aromatic rings. The lowest BCUT2D eigenvalue weighted by molar-refractivity contribution is -0.114. The van der Waals surface area contributed by atoms with E-state index in [2.05, 4.69) is 5.32 Å². The number of carbonyl (C=O) groups excluding carboxylic acids is 1. The number of carbonyl (C=O) groups is 1. The van der Waals surface area contributed by atoms with Crippen molar-refractivity contribution in [1.29, 1.82) is 0 Å². The molecule has 0 aliphatic carbocycles. The van der Waals surface area contributed by atoms with Gasteiger partial charge in [-0.05, 0) is 61.5 Å². The second kappa shape index (κ2) is 10.0. The Hall–Kier alpha value is -2.74. The number of sulfonamides is 1. The second-order valence-corrected chi connectivity index (χ2v) is 9.16. The van der Waals surface area contributed by atoms with Crippen LogP contribution in [0.1, 0.15) is 6.92 Å². The molecule has 1 N–H and O–H groups in total. The van der Waals surface area contributed by atoms with E-state index >= 15 is 0 Å². The molecule has 0 unspecified atom stereocenters. The van der Waals surface area contributed by atoms with Gasteiger partial charge in [0.25, 0.3) is 10.0 Å². The third kappa shape index (κ3) is 5.70. The Morgan fingerprint density at radius 1 is 0.968 bits per heavy atom. The number of amides is 1. The van der Waals surface area contributed by atoms with Crippen LogP contribution >= 0.6 is 23.2 Å². The van der Waals surface area contributed by atoms with Crippen LogP contribution < -0.4 is 14.4 Å². The van der Waals surface area contributed by atoms with Gasteiger partial charge >= 0.3 is 0 Å². The van der Waals surface area contributed by atoms with Crippen molar-refractivity contribution < 1.29 is 17.9 Å². The molecule has 0 aliphatic rings. The number of benzene rings is 3. The van der Waals surface area contributed by atoms with Crippen LogP contribution in [0.5, 0.6) is 5.75 Å². The smallest absolute Gasteiger partial charge is 0.264 e. The van der Waals surface area contributed by atoms with Crippen LogP contribution in [0.2, 0.25) is 10.0 Å². The molecular weight excluding hydrogens is 459 g/mol. The number of rotatable bonds is 8. The van der Waals surface area contributed by atoms with Crippen LogP contribution in [-0.4, -0.2) is 27.5 Å². The van der Waals surface area contributed by atoms with Gasteiger partial charge in [0, 0.05) is 10.0 Å². The van der Waals surface area contributed by atoms with Gasteiger partial charge < -0.3 is 10.1 Å². The molecule has 0 heterocycles. The Kier molecular flexibility index (Phi) is 7.43. The molecule has 0 aromatic heterocycles. The third-order valence-electron chi connectivity index (χ3n) is 4.25. The minimum absolute atomic E-state index is 0.000563. The fourth-order valence-corrected chi connectivity index (χ4v) is 4.57. The highest BCUT2D eigenvalue weighted by Crippen LogP contribution is 2.28. The van der Waals surface area contributed by atoms with Crippen LogP contribution in [0.15, 0.2) is 77.7 Å². The van der Waals surface area contributed by atoms with Gasteiger partial charge in [0.2, 0.25) is 5.91 Å². The molecular formula is C22H20Cl2N2O4S. The highest BCUT2D eigenvalue weighted by molar-refractivity contribution is 7.92. The van der Waals surface area contributed by atoms with Crippen LogP contribution in [0.25, 0.3) is 0 Å². The van der Waals surface area contributed by atoms with Crippen molar-refractivity contribution in [3.05, 3.63) is 82.8 Å². The van der Waals surface area contributed by atoms with E-state index < -0.39 is 22.5 Å². The van der Waals surface area contributed by atoms with Gasteiger partial charge in [-0.15, -0.1) is 0 Å². The average molecular weight is 479 g/mol. The highest BCUT2D eigenvalue weighted by atomic mass is 35.5. The fraction of sp³-hybridized carbons (Fsp3) is 0.136. The van der Waals surface area contributed by atoms with E-state index in [4.69, 9.17) is 27.9 Å². The molecule has 0 fully saturated rings. The lowest BCUT2D eigenvalue weighted by Crippen LogP contribution is -2.38. The molecule has 0 saturated heterocycles.